The number of nitrogens with one attached hydrogen (secondary N) is 1. The van der Waals surface area contributed by atoms with Crippen LogP contribution in [0.15, 0.2) is 24.3 Å². The lowest BCUT2D eigenvalue weighted by atomic mass is 9.98. The SMILES string of the molecule is c1ccc2c(c1)COCC2N1C[C@H]2CNC[C@H]2C1. The van der Waals surface area contributed by atoms with Crippen LogP contribution in [-0.4, -0.2) is 37.7 Å². The van der Waals surface area contributed by atoms with Crippen LogP contribution in [0.1, 0.15) is 17.2 Å². The lowest BCUT2D eigenvalue weighted by Gasteiger charge is -2.33. The second-order valence-corrected chi connectivity index (χ2v) is 5.86. The van der Waals surface area contributed by atoms with Crippen molar-refractivity contribution in [2.75, 3.05) is 32.8 Å². The third-order valence-electron chi connectivity index (χ3n) is 4.81. The molecule has 3 aliphatic heterocycles. The first-order valence-electron chi connectivity index (χ1n) is 7.02. The summed E-state index contributed by atoms with van der Waals surface area (Å²) in [5, 5.41) is 3.51. The molecule has 3 heterocycles. The summed E-state index contributed by atoms with van der Waals surface area (Å²) in [6.07, 6.45) is 0. The fourth-order valence-corrected chi connectivity index (χ4v) is 3.81. The van der Waals surface area contributed by atoms with E-state index in [1.807, 2.05) is 0 Å². The van der Waals surface area contributed by atoms with Gasteiger partial charge in [-0.2, -0.15) is 0 Å². The Morgan fingerprint density at radius 3 is 2.72 bits per heavy atom. The Hall–Kier alpha value is -0.900. The molecule has 1 aromatic rings. The first kappa shape index (κ1) is 11.0. The Bertz CT molecular complexity index is 436. The molecule has 1 aromatic carbocycles. The van der Waals surface area contributed by atoms with E-state index in [1.165, 1.54) is 37.3 Å². The zero-order valence-electron chi connectivity index (χ0n) is 10.6. The minimum absolute atomic E-state index is 0.487. The molecule has 0 spiro atoms. The molecule has 96 valence electrons. The number of hydrogen-bond acceptors (Lipinski definition) is 3. The molecule has 0 bridgehead atoms. The van der Waals surface area contributed by atoms with Gasteiger partial charge in [-0.3, -0.25) is 4.90 Å². The van der Waals surface area contributed by atoms with Crippen LogP contribution < -0.4 is 5.32 Å². The van der Waals surface area contributed by atoms with Crippen LogP contribution >= 0.6 is 0 Å². The van der Waals surface area contributed by atoms with E-state index in [0.717, 1.165) is 25.0 Å². The molecule has 3 heteroatoms. The van der Waals surface area contributed by atoms with Crippen LogP contribution in [0.2, 0.25) is 0 Å². The molecule has 3 atom stereocenters. The number of hydrogen-bond donors (Lipinski definition) is 1. The molecular weight excluding hydrogens is 224 g/mol. The van der Waals surface area contributed by atoms with Crippen molar-refractivity contribution in [1.29, 1.82) is 0 Å². The molecule has 3 aliphatic rings. The fourth-order valence-electron chi connectivity index (χ4n) is 3.81. The summed E-state index contributed by atoms with van der Waals surface area (Å²) in [7, 11) is 0. The van der Waals surface area contributed by atoms with Gasteiger partial charge in [0.05, 0.1) is 19.3 Å². The van der Waals surface area contributed by atoms with Crippen molar-refractivity contribution >= 4 is 0 Å². The number of rotatable bonds is 1. The zero-order valence-corrected chi connectivity index (χ0v) is 10.6. The highest BCUT2D eigenvalue weighted by Crippen LogP contribution is 2.36. The molecule has 3 nitrogen and oxygen atoms in total. The molecule has 2 saturated heterocycles. The maximum atomic E-state index is 5.79. The average Bonchev–Trinajstić information content (AvgIpc) is 2.99. The summed E-state index contributed by atoms with van der Waals surface area (Å²) < 4.78 is 5.79. The first-order valence-corrected chi connectivity index (χ1v) is 7.02. The monoisotopic (exact) mass is 244 g/mol. The molecule has 18 heavy (non-hydrogen) atoms. The van der Waals surface area contributed by atoms with E-state index in [1.54, 1.807) is 0 Å². The Morgan fingerprint density at radius 1 is 1.11 bits per heavy atom. The molecule has 0 aromatic heterocycles. The summed E-state index contributed by atoms with van der Waals surface area (Å²) in [6.45, 7) is 6.53. The zero-order chi connectivity index (χ0) is 11.9. The Kier molecular flexibility index (Phi) is 2.64. The van der Waals surface area contributed by atoms with Crippen molar-refractivity contribution in [3.63, 3.8) is 0 Å². The predicted octanol–water partition coefficient (Wildman–Crippen LogP) is 1.41. The van der Waals surface area contributed by atoms with Gasteiger partial charge in [0, 0.05) is 13.1 Å². The number of benzene rings is 1. The van der Waals surface area contributed by atoms with Gasteiger partial charge in [0.1, 0.15) is 0 Å². The third kappa shape index (κ3) is 1.69. The molecule has 0 saturated carbocycles. The molecule has 1 N–H and O–H groups in total. The van der Waals surface area contributed by atoms with Gasteiger partial charge in [-0.1, -0.05) is 24.3 Å². The topological polar surface area (TPSA) is 24.5 Å². The van der Waals surface area contributed by atoms with Gasteiger partial charge in [-0.25, -0.2) is 0 Å². The van der Waals surface area contributed by atoms with Crippen LogP contribution in [0, 0.1) is 11.8 Å². The van der Waals surface area contributed by atoms with Crippen molar-refractivity contribution in [2.24, 2.45) is 11.8 Å². The summed E-state index contributed by atoms with van der Waals surface area (Å²) in [6, 6.07) is 9.26. The quantitative estimate of drug-likeness (QED) is 0.808. The lowest BCUT2D eigenvalue weighted by molar-refractivity contribution is 0.0386. The molecule has 0 aliphatic carbocycles. The smallest absolute Gasteiger partial charge is 0.0721 e. The maximum Gasteiger partial charge on any atom is 0.0721 e. The second-order valence-electron chi connectivity index (χ2n) is 5.86. The Morgan fingerprint density at radius 2 is 1.89 bits per heavy atom. The van der Waals surface area contributed by atoms with E-state index >= 15 is 0 Å². The second kappa shape index (κ2) is 4.34. The van der Waals surface area contributed by atoms with Crippen molar-refractivity contribution in [3.8, 4) is 0 Å². The number of ether oxygens (including phenoxy) is 1. The van der Waals surface area contributed by atoms with E-state index in [9.17, 15) is 0 Å². The normalized spacial score (nSPS) is 35.4. The van der Waals surface area contributed by atoms with Crippen molar-refractivity contribution in [3.05, 3.63) is 35.4 Å². The Labute approximate surface area is 108 Å². The third-order valence-corrected chi connectivity index (χ3v) is 4.81. The first-order chi connectivity index (χ1) is 8.92. The average molecular weight is 244 g/mol. The summed E-state index contributed by atoms with van der Waals surface area (Å²) >= 11 is 0. The molecule has 0 amide bonds. The van der Waals surface area contributed by atoms with Crippen molar-refractivity contribution in [1.82, 2.24) is 10.2 Å². The van der Waals surface area contributed by atoms with E-state index in [4.69, 9.17) is 4.74 Å². The number of fused-ring (bicyclic) bond motifs is 2. The van der Waals surface area contributed by atoms with Crippen LogP contribution in [0.3, 0.4) is 0 Å². The van der Waals surface area contributed by atoms with Crippen molar-refractivity contribution in [2.45, 2.75) is 12.6 Å². The van der Waals surface area contributed by atoms with E-state index in [-0.39, 0.29) is 0 Å². The molecule has 4 rings (SSSR count). The minimum atomic E-state index is 0.487. The predicted molar refractivity (Wildman–Crippen MR) is 70.3 cm³/mol. The van der Waals surface area contributed by atoms with Crippen molar-refractivity contribution < 1.29 is 4.74 Å². The molecular formula is C15H20N2O. The largest absolute Gasteiger partial charge is 0.375 e. The van der Waals surface area contributed by atoms with E-state index in [0.29, 0.717) is 6.04 Å². The molecule has 0 radical (unpaired) electrons. The summed E-state index contributed by atoms with van der Waals surface area (Å²) in [5.74, 6) is 1.72. The maximum absolute atomic E-state index is 5.79. The number of likely N-dealkylation sites (tertiary alicyclic amines) is 1. The van der Waals surface area contributed by atoms with Gasteiger partial charge < -0.3 is 10.1 Å². The van der Waals surface area contributed by atoms with Crippen LogP contribution in [0.25, 0.3) is 0 Å². The lowest BCUT2D eigenvalue weighted by Crippen LogP contribution is -2.35. The Balaban J connectivity index is 1.59. The van der Waals surface area contributed by atoms with E-state index < -0.39 is 0 Å². The highest BCUT2D eigenvalue weighted by atomic mass is 16.5. The van der Waals surface area contributed by atoms with Gasteiger partial charge in [0.15, 0.2) is 0 Å². The van der Waals surface area contributed by atoms with Gasteiger partial charge in [-0.05, 0) is 36.1 Å². The minimum Gasteiger partial charge on any atom is -0.375 e. The van der Waals surface area contributed by atoms with E-state index in [2.05, 4.69) is 34.5 Å². The molecule has 1 unspecified atom stereocenters. The van der Waals surface area contributed by atoms with Gasteiger partial charge in [0.2, 0.25) is 0 Å². The number of nitrogens with zero attached hydrogens (tertiary/aromatic N) is 1. The van der Waals surface area contributed by atoms with Crippen LogP contribution in [0.5, 0.6) is 0 Å². The van der Waals surface area contributed by atoms with Gasteiger partial charge in [-0.15, -0.1) is 0 Å². The van der Waals surface area contributed by atoms with Gasteiger partial charge >= 0.3 is 0 Å². The standard InChI is InChI=1S/C15H20N2O/c1-2-4-14-11(3-1)9-18-10-15(14)17-7-12-5-16-6-13(12)8-17/h1-4,12-13,15-16H,5-10H2/t12-,13+,15?. The summed E-state index contributed by atoms with van der Waals surface area (Å²) in [5.41, 5.74) is 2.88. The highest BCUT2D eigenvalue weighted by Gasteiger charge is 2.40. The van der Waals surface area contributed by atoms with Crippen LogP contribution in [-0.2, 0) is 11.3 Å². The molecule has 2 fully saturated rings. The van der Waals surface area contributed by atoms with Gasteiger partial charge in [0.25, 0.3) is 0 Å². The fraction of sp³-hybridized carbons (Fsp3) is 0.600. The summed E-state index contributed by atoms with van der Waals surface area (Å²) in [4.78, 5) is 2.65. The van der Waals surface area contributed by atoms with Crippen LogP contribution in [0.4, 0.5) is 0 Å². The highest BCUT2D eigenvalue weighted by molar-refractivity contribution is 5.31.